The molecule has 4 N–H and O–H groups in total. The molecule has 2 rings (SSSR count). The molecule has 158 valence electrons. The lowest BCUT2D eigenvalue weighted by atomic mass is 9.66. The van der Waals surface area contributed by atoms with Crippen LogP contribution in [0.5, 0.6) is 0 Å². The van der Waals surface area contributed by atoms with Crippen LogP contribution in [-0.4, -0.2) is 36.4 Å². The molecule has 0 aliphatic rings. The van der Waals surface area contributed by atoms with Gasteiger partial charge in [-0.25, -0.2) is 4.79 Å². The molecule has 0 saturated heterocycles. The summed E-state index contributed by atoms with van der Waals surface area (Å²) in [5.74, 6) is -0.236. The van der Waals surface area contributed by atoms with Crippen molar-refractivity contribution in [1.82, 2.24) is 5.32 Å². The van der Waals surface area contributed by atoms with E-state index in [0.29, 0.717) is 0 Å². The Morgan fingerprint density at radius 2 is 1.48 bits per heavy atom. The molecule has 0 bridgehead atoms. The zero-order valence-corrected chi connectivity index (χ0v) is 17.6. The van der Waals surface area contributed by atoms with Gasteiger partial charge in [0.2, 0.25) is 0 Å². The minimum atomic E-state index is -1.33. The molecule has 2 unspecified atom stereocenters. The zero-order valence-electron chi connectivity index (χ0n) is 17.6. The van der Waals surface area contributed by atoms with Crippen molar-refractivity contribution < 1.29 is 19.4 Å². The first-order valence-corrected chi connectivity index (χ1v) is 9.71. The molecule has 0 aliphatic carbocycles. The van der Waals surface area contributed by atoms with Crippen LogP contribution in [0, 0.1) is 0 Å². The summed E-state index contributed by atoms with van der Waals surface area (Å²) in [7, 11) is 1.97. The number of ether oxygens (including phenoxy) is 1. The molecule has 6 nitrogen and oxygen atoms in total. The van der Waals surface area contributed by atoms with Crippen LogP contribution in [0.15, 0.2) is 60.7 Å². The Morgan fingerprint density at radius 1 is 1.07 bits per heavy atom. The molecule has 0 saturated carbocycles. The number of benzene rings is 2. The predicted octanol–water partition coefficient (Wildman–Crippen LogP) is 3.94. The van der Waals surface area contributed by atoms with Crippen LogP contribution in [0.3, 0.4) is 0 Å². The zero-order chi connectivity index (χ0) is 21.9. The van der Waals surface area contributed by atoms with Gasteiger partial charge in [-0.1, -0.05) is 67.6 Å². The standard InChI is InChI=1S/C22H29NO2.CH3NO2/c1-5-21(25-18(3)24)22(16-17(2)23-4,19-12-8-6-9-13-19)20-14-10-7-11-15-20;2-1(3)4/h6-15,17,21,23H,5,16H2,1-4H3;2H2,(H,3,4). The van der Waals surface area contributed by atoms with Crippen LogP contribution in [0.25, 0.3) is 0 Å². The molecule has 29 heavy (non-hydrogen) atoms. The summed E-state index contributed by atoms with van der Waals surface area (Å²) in [6, 6.07) is 21.1. The lowest BCUT2D eigenvalue weighted by molar-refractivity contribution is -0.149. The van der Waals surface area contributed by atoms with E-state index in [-0.39, 0.29) is 18.1 Å². The lowest BCUT2D eigenvalue weighted by Crippen LogP contribution is -2.47. The van der Waals surface area contributed by atoms with Gasteiger partial charge < -0.3 is 20.9 Å². The average molecular weight is 401 g/mol. The summed E-state index contributed by atoms with van der Waals surface area (Å²) in [6.45, 7) is 5.74. The van der Waals surface area contributed by atoms with E-state index in [2.05, 4.69) is 73.4 Å². The Hall–Kier alpha value is -2.86. The van der Waals surface area contributed by atoms with Gasteiger partial charge in [-0.05, 0) is 37.9 Å². The summed E-state index contributed by atoms with van der Waals surface area (Å²) in [5, 5.41) is 10.5. The molecule has 1 amide bonds. The maximum atomic E-state index is 11.8. The molecular weight excluding hydrogens is 368 g/mol. The van der Waals surface area contributed by atoms with Gasteiger partial charge in [-0.3, -0.25) is 4.79 Å². The van der Waals surface area contributed by atoms with E-state index in [0.717, 1.165) is 12.8 Å². The third kappa shape index (κ3) is 6.91. The summed E-state index contributed by atoms with van der Waals surface area (Å²) in [5.41, 5.74) is 5.98. The monoisotopic (exact) mass is 400 g/mol. The highest BCUT2D eigenvalue weighted by atomic mass is 16.5. The van der Waals surface area contributed by atoms with E-state index >= 15 is 0 Å². The smallest absolute Gasteiger partial charge is 0.402 e. The summed E-state index contributed by atoms with van der Waals surface area (Å²) >= 11 is 0. The molecule has 0 spiro atoms. The first-order valence-electron chi connectivity index (χ1n) is 9.71. The second-order valence-electron chi connectivity index (χ2n) is 6.94. The number of hydrogen-bond acceptors (Lipinski definition) is 4. The van der Waals surface area contributed by atoms with Crippen molar-refractivity contribution >= 4 is 12.1 Å². The van der Waals surface area contributed by atoms with E-state index in [1.807, 2.05) is 19.2 Å². The fraction of sp³-hybridized carbons (Fsp3) is 0.391. The van der Waals surface area contributed by atoms with Gasteiger partial charge in [0.05, 0.1) is 5.41 Å². The van der Waals surface area contributed by atoms with E-state index in [4.69, 9.17) is 14.6 Å². The highest BCUT2D eigenvalue weighted by Gasteiger charge is 2.44. The number of rotatable bonds is 8. The number of nitrogens with one attached hydrogen (secondary N) is 1. The number of hydrogen-bond donors (Lipinski definition) is 3. The molecule has 0 heterocycles. The van der Waals surface area contributed by atoms with Crippen LogP contribution in [0.1, 0.15) is 44.7 Å². The maximum absolute atomic E-state index is 11.8. The van der Waals surface area contributed by atoms with Crippen LogP contribution in [0.2, 0.25) is 0 Å². The van der Waals surface area contributed by atoms with Gasteiger partial charge in [0, 0.05) is 13.0 Å². The minimum Gasteiger partial charge on any atom is -0.465 e. The molecule has 0 fully saturated rings. The van der Waals surface area contributed by atoms with E-state index in [9.17, 15) is 4.79 Å². The molecule has 0 radical (unpaired) electrons. The number of carbonyl (C=O) groups excluding carboxylic acids is 1. The van der Waals surface area contributed by atoms with Gasteiger partial charge in [0.25, 0.3) is 0 Å². The average Bonchev–Trinajstić information content (AvgIpc) is 2.71. The van der Waals surface area contributed by atoms with Crippen molar-refractivity contribution in [2.45, 2.75) is 51.2 Å². The molecule has 6 heteroatoms. The Labute approximate surface area is 173 Å². The molecule has 2 atom stereocenters. The molecule has 0 aromatic heterocycles. The highest BCUT2D eigenvalue weighted by molar-refractivity contribution is 5.66. The Bertz CT molecular complexity index is 706. The van der Waals surface area contributed by atoms with Gasteiger partial charge in [-0.2, -0.15) is 0 Å². The number of carbonyl (C=O) groups is 2. The molecule has 0 aliphatic heterocycles. The lowest BCUT2D eigenvalue weighted by Gasteiger charge is -2.42. The minimum absolute atomic E-state index is 0.231. The largest absolute Gasteiger partial charge is 0.465 e. The fourth-order valence-electron chi connectivity index (χ4n) is 3.69. The van der Waals surface area contributed by atoms with Gasteiger partial charge >= 0.3 is 12.1 Å². The molecular formula is C23H32N2O4. The first kappa shape index (κ1) is 24.2. The third-order valence-corrected chi connectivity index (χ3v) is 4.93. The van der Waals surface area contributed by atoms with Crippen molar-refractivity contribution in [3.8, 4) is 0 Å². The van der Waals surface area contributed by atoms with Crippen molar-refractivity contribution in [2.24, 2.45) is 5.73 Å². The summed E-state index contributed by atoms with van der Waals surface area (Å²) < 4.78 is 5.85. The van der Waals surface area contributed by atoms with Gasteiger partial charge in [0.1, 0.15) is 6.10 Å². The first-order chi connectivity index (χ1) is 13.8. The molecule has 2 aromatic carbocycles. The Kier molecular flexibility index (Phi) is 9.89. The highest BCUT2D eigenvalue weighted by Crippen LogP contribution is 2.42. The topological polar surface area (TPSA) is 102 Å². The van der Waals surface area contributed by atoms with Gasteiger partial charge in [-0.15, -0.1) is 0 Å². The number of esters is 1. The van der Waals surface area contributed by atoms with E-state index in [1.165, 1.54) is 18.1 Å². The second-order valence-corrected chi connectivity index (χ2v) is 6.94. The van der Waals surface area contributed by atoms with Crippen molar-refractivity contribution in [3.05, 3.63) is 71.8 Å². The number of nitrogens with two attached hydrogens (primary N) is 1. The Morgan fingerprint density at radius 3 is 1.79 bits per heavy atom. The number of primary amides is 1. The normalized spacial score (nSPS) is 12.8. The fourth-order valence-corrected chi connectivity index (χ4v) is 3.69. The summed E-state index contributed by atoms with van der Waals surface area (Å²) in [6.07, 6.45) is 0.0222. The van der Waals surface area contributed by atoms with Crippen molar-refractivity contribution in [3.63, 3.8) is 0 Å². The van der Waals surface area contributed by atoms with Crippen molar-refractivity contribution in [2.75, 3.05) is 7.05 Å². The third-order valence-electron chi connectivity index (χ3n) is 4.93. The van der Waals surface area contributed by atoms with E-state index < -0.39 is 11.5 Å². The van der Waals surface area contributed by atoms with Crippen LogP contribution in [-0.2, 0) is 14.9 Å². The van der Waals surface area contributed by atoms with Crippen LogP contribution < -0.4 is 11.1 Å². The predicted molar refractivity (Wildman–Crippen MR) is 115 cm³/mol. The number of carboxylic acid groups (broad SMARTS) is 1. The number of amides is 1. The quantitative estimate of drug-likeness (QED) is 0.583. The SMILES string of the molecule is CCC(OC(C)=O)C(CC(C)NC)(c1ccccc1)c1ccccc1.NC(=O)O. The second kappa shape index (κ2) is 11.9. The van der Waals surface area contributed by atoms with Gasteiger partial charge in [0.15, 0.2) is 0 Å². The van der Waals surface area contributed by atoms with E-state index in [1.54, 1.807) is 0 Å². The maximum Gasteiger partial charge on any atom is 0.402 e. The van der Waals surface area contributed by atoms with Crippen molar-refractivity contribution in [1.29, 1.82) is 0 Å². The molecule has 2 aromatic rings. The Balaban J connectivity index is 0.000000960. The summed E-state index contributed by atoms with van der Waals surface area (Å²) in [4.78, 5) is 20.6. The van der Waals surface area contributed by atoms with Crippen LogP contribution in [0.4, 0.5) is 4.79 Å². The van der Waals surface area contributed by atoms with Crippen LogP contribution >= 0.6 is 0 Å².